The molecule has 1 fully saturated rings. The fourth-order valence-electron chi connectivity index (χ4n) is 2.74. The molecule has 1 heterocycles. The molecule has 18 heavy (non-hydrogen) atoms. The van der Waals surface area contributed by atoms with Crippen LogP contribution in [-0.4, -0.2) is 18.1 Å². The van der Waals surface area contributed by atoms with Gasteiger partial charge in [-0.25, -0.2) is 9.38 Å². The van der Waals surface area contributed by atoms with Gasteiger partial charge in [-0.15, -0.1) is 0 Å². The van der Waals surface area contributed by atoms with Crippen LogP contribution in [0.25, 0.3) is 0 Å². The Morgan fingerprint density at radius 2 is 1.72 bits per heavy atom. The van der Waals surface area contributed by atoms with Gasteiger partial charge in [0, 0.05) is 5.92 Å². The molecule has 2 nitrogen and oxygen atoms in total. The summed E-state index contributed by atoms with van der Waals surface area (Å²) in [4.78, 5) is 9.21. The van der Waals surface area contributed by atoms with Crippen LogP contribution < -0.4 is 0 Å². The number of rotatable bonds is 2. The fourth-order valence-corrected chi connectivity index (χ4v) is 2.74. The molecule has 0 radical (unpaired) electrons. The molecule has 0 N–H and O–H groups in total. The number of aliphatic imine (C=N–C) groups is 2. The second kappa shape index (κ2) is 5.01. The zero-order valence-corrected chi connectivity index (χ0v) is 10.4. The average Bonchev–Trinajstić information content (AvgIpc) is 2.90. The number of hydrogen-bond donors (Lipinski definition) is 0. The van der Waals surface area contributed by atoms with Crippen molar-refractivity contribution in [3.8, 4) is 0 Å². The topological polar surface area (TPSA) is 24.7 Å². The van der Waals surface area contributed by atoms with Crippen LogP contribution in [0.5, 0.6) is 0 Å². The normalized spacial score (nSPS) is 20.7. The van der Waals surface area contributed by atoms with E-state index in [1.807, 2.05) is 0 Å². The van der Waals surface area contributed by atoms with Gasteiger partial charge in [0.05, 0.1) is 12.3 Å². The lowest BCUT2D eigenvalue weighted by Gasteiger charge is -2.19. The summed E-state index contributed by atoms with van der Waals surface area (Å²) >= 11 is 0. The summed E-state index contributed by atoms with van der Waals surface area (Å²) in [5.41, 5.74) is 1.97. The monoisotopic (exact) mass is 244 g/mol. The molecule has 0 spiro atoms. The smallest absolute Gasteiger partial charge is 0.127 e. The molecule has 0 atom stereocenters. The second-order valence-corrected chi connectivity index (χ2v) is 5.07. The molecule has 0 amide bonds. The van der Waals surface area contributed by atoms with E-state index in [0.29, 0.717) is 12.5 Å². The lowest BCUT2D eigenvalue weighted by Crippen LogP contribution is -2.14. The summed E-state index contributed by atoms with van der Waals surface area (Å²) in [5.74, 6) is 1.37. The maximum Gasteiger partial charge on any atom is 0.127 e. The van der Waals surface area contributed by atoms with Gasteiger partial charge in [0.2, 0.25) is 0 Å². The highest BCUT2D eigenvalue weighted by atomic mass is 19.1. The van der Waals surface area contributed by atoms with E-state index in [9.17, 15) is 4.39 Å². The van der Waals surface area contributed by atoms with Crippen LogP contribution in [0.2, 0.25) is 0 Å². The third kappa shape index (κ3) is 2.35. The number of hydrogen-bond acceptors (Lipinski definition) is 2. The Morgan fingerprint density at radius 3 is 2.44 bits per heavy atom. The van der Waals surface area contributed by atoms with Crippen molar-refractivity contribution in [2.45, 2.75) is 32.1 Å². The molecule has 0 saturated heterocycles. The standard InChI is InChI=1S/C15H17FN2/c16-13-8-6-11(7-9-13)14-10-17-15(18-14)12-4-2-1-3-5-12/h6-9,12H,1-5,10H2. The maximum atomic E-state index is 12.9. The van der Waals surface area contributed by atoms with Crippen LogP contribution >= 0.6 is 0 Å². The second-order valence-electron chi connectivity index (χ2n) is 5.07. The maximum absolute atomic E-state index is 12.9. The summed E-state index contributed by atoms with van der Waals surface area (Å²) < 4.78 is 12.9. The third-order valence-corrected chi connectivity index (χ3v) is 3.79. The summed E-state index contributed by atoms with van der Waals surface area (Å²) in [7, 11) is 0. The molecule has 0 unspecified atom stereocenters. The van der Waals surface area contributed by atoms with Crippen LogP contribution in [0, 0.1) is 11.7 Å². The predicted molar refractivity (Wildman–Crippen MR) is 71.8 cm³/mol. The molecule has 1 aliphatic carbocycles. The first-order valence-electron chi connectivity index (χ1n) is 6.71. The first kappa shape index (κ1) is 11.6. The van der Waals surface area contributed by atoms with Crippen molar-refractivity contribution >= 4 is 11.5 Å². The van der Waals surface area contributed by atoms with Gasteiger partial charge in [-0.1, -0.05) is 31.4 Å². The van der Waals surface area contributed by atoms with Gasteiger partial charge < -0.3 is 0 Å². The lowest BCUT2D eigenvalue weighted by molar-refractivity contribution is 0.437. The minimum absolute atomic E-state index is 0.203. The van der Waals surface area contributed by atoms with Crippen molar-refractivity contribution in [3.63, 3.8) is 0 Å². The quantitative estimate of drug-likeness (QED) is 0.759. The Morgan fingerprint density at radius 1 is 1.00 bits per heavy atom. The Labute approximate surface area is 107 Å². The Kier molecular flexibility index (Phi) is 3.22. The number of amidine groups is 1. The fraction of sp³-hybridized carbons (Fsp3) is 0.467. The van der Waals surface area contributed by atoms with Crippen molar-refractivity contribution in [1.29, 1.82) is 0 Å². The number of halogens is 1. The molecule has 0 bridgehead atoms. The molecular weight excluding hydrogens is 227 g/mol. The highest BCUT2D eigenvalue weighted by Crippen LogP contribution is 2.27. The SMILES string of the molecule is Fc1ccc(C2=NC(C3CCCCC3)=NC2)cc1. The summed E-state index contributed by atoms with van der Waals surface area (Å²) in [6.45, 7) is 0.650. The van der Waals surface area contributed by atoms with Crippen LogP contribution in [0.15, 0.2) is 34.3 Å². The number of benzene rings is 1. The van der Waals surface area contributed by atoms with Gasteiger partial charge in [0.1, 0.15) is 11.7 Å². The molecule has 1 aromatic rings. The summed E-state index contributed by atoms with van der Waals surface area (Å²) in [6.07, 6.45) is 6.38. The van der Waals surface area contributed by atoms with Gasteiger partial charge in [-0.2, -0.15) is 0 Å². The van der Waals surface area contributed by atoms with E-state index in [2.05, 4.69) is 9.98 Å². The van der Waals surface area contributed by atoms with Crippen molar-refractivity contribution in [3.05, 3.63) is 35.6 Å². The van der Waals surface area contributed by atoms with Crippen molar-refractivity contribution in [1.82, 2.24) is 0 Å². The zero-order chi connectivity index (χ0) is 12.4. The molecule has 1 aliphatic heterocycles. The predicted octanol–water partition coefficient (Wildman–Crippen LogP) is 3.61. The Hall–Kier alpha value is -1.51. The summed E-state index contributed by atoms with van der Waals surface area (Å²) in [6, 6.07) is 6.54. The minimum Gasteiger partial charge on any atom is -0.264 e. The van der Waals surface area contributed by atoms with E-state index in [1.165, 1.54) is 44.2 Å². The van der Waals surface area contributed by atoms with E-state index < -0.39 is 0 Å². The molecule has 94 valence electrons. The van der Waals surface area contributed by atoms with E-state index in [1.54, 1.807) is 12.1 Å². The van der Waals surface area contributed by atoms with E-state index in [0.717, 1.165) is 17.1 Å². The molecular formula is C15H17FN2. The van der Waals surface area contributed by atoms with E-state index in [-0.39, 0.29) is 5.82 Å². The average molecular weight is 244 g/mol. The zero-order valence-electron chi connectivity index (χ0n) is 10.4. The van der Waals surface area contributed by atoms with Crippen LogP contribution in [0.1, 0.15) is 37.7 Å². The third-order valence-electron chi connectivity index (χ3n) is 3.79. The van der Waals surface area contributed by atoms with Crippen LogP contribution in [0.3, 0.4) is 0 Å². The highest BCUT2D eigenvalue weighted by molar-refractivity contribution is 6.13. The van der Waals surface area contributed by atoms with Gasteiger partial charge in [0.25, 0.3) is 0 Å². The summed E-state index contributed by atoms with van der Waals surface area (Å²) in [5, 5.41) is 0. The first-order chi connectivity index (χ1) is 8.83. The molecule has 3 rings (SSSR count). The highest BCUT2D eigenvalue weighted by Gasteiger charge is 2.22. The van der Waals surface area contributed by atoms with Crippen molar-refractivity contribution in [2.24, 2.45) is 15.9 Å². The van der Waals surface area contributed by atoms with E-state index >= 15 is 0 Å². The number of nitrogens with zero attached hydrogens (tertiary/aromatic N) is 2. The lowest BCUT2D eigenvalue weighted by atomic mass is 9.88. The Bertz CT molecular complexity index is 482. The van der Waals surface area contributed by atoms with E-state index in [4.69, 9.17) is 0 Å². The molecule has 0 aromatic heterocycles. The Balaban J connectivity index is 1.75. The van der Waals surface area contributed by atoms with Gasteiger partial charge in [0.15, 0.2) is 0 Å². The van der Waals surface area contributed by atoms with Crippen LogP contribution in [-0.2, 0) is 0 Å². The molecule has 1 aromatic carbocycles. The molecule has 3 heteroatoms. The van der Waals surface area contributed by atoms with Crippen molar-refractivity contribution in [2.75, 3.05) is 6.54 Å². The minimum atomic E-state index is -0.203. The van der Waals surface area contributed by atoms with Crippen LogP contribution in [0.4, 0.5) is 4.39 Å². The van der Waals surface area contributed by atoms with Gasteiger partial charge in [-0.05, 0) is 30.5 Å². The van der Waals surface area contributed by atoms with Gasteiger partial charge >= 0.3 is 0 Å². The first-order valence-corrected chi connectivity index (χ1v) is 6.71. The van der Waals surface area contributed by atoms with Crippen molar-refractivity contribution < 1.29 is 4.39 Å². The molecule has 1 saturated carbocycles. The largest absolute Gasteiger partial charge is 0.264 e. The van der Waals surface area contributed by atoms with Gasteiger partial charge in [-0.3, -0.25) is 4.99 Å². The molecule has 2 aliphatic rings.